The lowest BCUT2D eigenvalue weighted by Crippen LogP contribution is -2.40. The summed E-state index contributed by atoms with van der Waals surface area (Å²) in [5.74, 6) is -0.0662. The molecule has 0 saturated carbocycles. The Morgan fingerprint density at radius 1 is 1.18 bits per heavy atom. The van der Waals surface area contributed by atoms with Crippen molar-refractivity contribution in [1.82, 2.24) is 4.72 Å². The van der Waals surface area contributed by atoms with Crippen molar-refractivity contribution in [2.75, 3.05) is 5.75 Å². The first-order chi connectivity index (χ1) is 10.1. The van der Waals surface area contributed by atoms with Crippen molar-refractivity contribution in [2.45, 2.75) is 45.0 Å². The predicted octanol–water partition coefficient (Wildman–Crippen LogP) is 2.85. The zero-order valence-electron chi connectivity index (χ0n) is 12.4. The highest BCUT2D eigenvalue weighted by molar-refractivity contribution is 7.89. The summed E-state index contributed by atoms with van der Waals surface area (Å²) in [5.41, 5.74) is -0.581. The molecule has 4 nitrogen and oxygen atoms in total. The molecule has 0 spiro atoms. The third-order valence-electron chi connectivity index (χ3n) is 3.20. The summed E-state index contributed by atoms with van der Waals surface area (Å²) in [6, 6.07) is 3.26. The van der Waals surface area contributed by atoms with E-state index in [2.05, 4.69) is 4.72 Å². The lowest BCUT2D eigenvalue weighted by Gasteiger charge is -2.23. The fourth-order valence-corrected chi connectivity index (χ4v) is 3.44. The summed E-state index contributed by atoms with van der Waals surface area (Å²) in [5, 5.41) is 10.2. The fourth-order valence-electron chi connectivity index (χ4n) is 2.03. The molecule has 2 N–H and O–H groups in total. The molecule has 0 radical (unpaired) electrons. The van der Waals surface area contributed by atoms with Gasteiger partial charge in [-0.05, 0) is 30.5 Å². The Bertz CT molecular complexity index is 570. The highest BCUT2D eigenvalue weighted by Crippen LogP contribution is 2.30. The molecule has 0 aliphatic carbocycles. The van der Waals surface area contributed by atoms with Crippen LogP contribution in [0.15, 0.2) is 24.3 Å². The first-order valence-electron chi connectivity index (χ1n) is 6.96. The molecule has 0 aromatic heterocycles. The molecule has 126 valence electrons. The number of aliphatic hydroxyl groups is 1. The van der Waals surface area contributed by atoms with E-state index in [0.29, 0.717) is 12.8 Å². The predicted molar refractivity (Wildman–Crippen MR) is 77.7 cm³/mol. The van der Waals surface area contributed by atoms with Crippen molar-refractivity contribution in [1.29, 1.82) is 0 Å². The van der Waals surface area contributed by atoms with E-state index < -0.39 is 33.9 Å². The van der Waals surface area contributed by atoms with Crippen LogP contribution in [0.3, 0.4) is 0 Å². The number of rotatable bonds is 7. The van der Waals surface area contributed by atoms with Gasteiger partial charge in [-0.15, -0.1) is 0 Å². The minimum absolute atomic E-state index is 0.0662. The van der Waals surface area contributed by atoms with Crippen molar-refractivity contribution in [3.05, 3.63) is 35.4 Å². The molecular formula is C14H20F3NO3S. The van der Waals surface area contributed by atoms with E-state index >= 15 is 0 Å². The van der Waals surface area contributed by atoms with E-state index in [1.807, 2.05) is 0 Å². The van der Waals surface area contributed by atoms with Crippen LogP contribution in [-0.4, -0.2) is 25.3 Å². The van der Waals surface area contributed by atoms with Gasteiger partial charge in [-0.3, -0.25) is 0 Å². The number of halogens is 3. The Kier molecular flexibility index (Phi) is 6.39. The normalized spacial score (nSPS) is 15.5. The second-order valence-corrected chi connectivity index (χ2v) is 6.89. The van der Waals surface area contributed by atoms with E-state index in [1.54, 1.807) is 13.8 Å². The average molecular weight is 339 g/mol. The molecule has 0 bridgehead atoms. The van der Waals surface area contributed by atoms with Gasteiger partial charge in [0.05, 0.1) is 23.5 Å². The molecule has 0 amide bonds. The Hall–Kier alpha value is -1.12. The number of nitrogens with one attached hydrogen (secondary N) is 1. The van der Waals surface area contributed by atoms with Crippen LogP contribution in [0.2, 0.25) is 0 Å². The third-order valence-corrected chi connectivity index (χ3v) is 4.81. The van der Waals surface area contributed by atoms with Gasteiger partial charge in [-0.25, -0.2) is 13.1 Å². The topological polar surface area (TPSA) is 66.4 Å². The van der Waals surface area contributed by atoms with E-state index in [-0.39, 0.29) is 11.3 Å². The third kappa shape index (κ3) is 5.26. The van der Waals surface area contributed by atoms with Crippen molar-refractivity contribution in [3.63, 3.8) is 0 Å². The summed E-state index contributed by atoms with van der Waals surface area (Å²) < 4.78 is 63.4. The first-order valence-corrected chi connectivity index (χ1v) is 8.61. The standard InChI is InChI=1S/C14H20F3NO3S/c1-3-9-22(20,21)18-12(4-2)13(19)10-5-7-11(8-6-10)14(15,16)17/h5-8,12-13,18-19H,3-4,9H2,1-2H3. The SMILES string of the molecule is CCCS(=O)(=O)NC(CC)C(O)c1ccc(C(F)(F)F)cc1. The molecule has 0 saturated heterocycles. The summed E-state index contributed by atoms with van der Waals surface area (Å²) in [7, 11) is -3.52. The highest BCUT2D eigenvalue weighted by Gasteiger charge is 2.31. The summed E-state index contributed by atoms with van der Waals surface area (Å²) in [4.78, 5) is 0. The van der Waals surface area contributed by atoms with Crippen LogP contribution in [0, 0.1) is 0 Å². The van der Waals surface area contributed by atoms with Crippen molar-refractivity contribution in [2.24, 2.45) is 0 Å². The second kappa shape index (κ2) is 7.43. The van der Waals surface area contributed by atoms with Gasteiger partial charge in [0.2, 0.25) is 10.0 Å². The van der Waals surface area contributed by atoms with E-state index in [9.17, 15) is 26.7 Å². The maximum Gasteiger partial charge on any atom is 0.416 e. The zero-order chi connectivity index (χ0) is 17.0. The zero-order valence-corrected chi connectivity index (χ0v) is 13.2. The van der Waals surface area contributed by atoms with Gasteiger partial charge in [-0.2, -0.15) is 13.2 Å². The van der Waals surface area contributed by atoms with Crippen molar-refractivity contribution < 1.29 is 26.7 Å². The van der Waals surface area contributed by atoms with Crippen LogP contribution in [0.25, 0.3) is 0 Å². The second-order valence-electron chi connectivity index (χ2n) is 5.02. The van der Waals surface area contributed by atoms with E-state index in [0.717, 1.165) is 24.3 Å². The van der Waals surface area contributed by atoms with Crippen LogP contribution in [0.4, 0.5) is 13.2 Å². The number of hydrogen-bond donors (Lipinski definition) is 2. The Labute approximate surface area is 128 Å². The van der Waals surface area contributed by atoms with Gasteiger partial charge in [-0.1, -0.05) is 26.0 Å². The van der Waals surface area contributed by atoms with Crippen LogP contribution in [0.5, 0.6) is 0 Å². The van der Waals surface area contributed by atoms with Crippen molar-refractivity contribution >= 4 is 10.0 Å². The van der Waals surface area contributed by atoms with Gasteiger partial charge >= 0.3 is 6.18 Å². The van der Waals surface area contributed by atoms with Gasteiger partial charge in [0.15, 0.2) is 0 Å². The van der Waals surface area contributed by atoms with Crippen LogP contribution in [-0.2, 0) is 16.2 Å². The smallest absolute Gasteiger partial charge is 0.387 e. The van der Waals surface area contributed by atoms with Crippen LogP contribution < -0.4 is 4.72 Å². The minimum atomic E-state index is -4.45. The molecule has 1 aromatic rings. The average Bonchev–Trinajstić information content (AvgIpc) is 2.43. The largest absolute Gasteiger partial charge is 0.416 e. The first kappa shape index (κ1) is 18.9. The molecule has 0 aliphatic heterocycles. The lowest BCUT2D eigenvalue weighted by atomic mass is 10.00. The van der Waals surface area contributed by atoms with E-state index in [1.165, 1.54) is 0 Å². The fraction of sp³-hybridized carbons (Fsp3) is 0.571. The van der Waals surface area contributed by atoms with E-state index in [4.69, 9.17) is 0 Å². The molecule has 2 unspecified atom stereocenters. The molecule has 1 rings (SSSR count). The quantitative estimate of drug-likeness (QED) is 0.803. The summed E-state index contributed by atoms with van der Waals surface area (Å²) >= 11 is 0. The Morgan fingerprint density at radius 2 is 1.73 bits per heavy atom. The molecule has 1 aromatic carbocycles. The highest BCUT2D eigenvalue weighted by atomic mass is 32.2. The Morgan fingerprint density at radius 3 is 2.14 bits per heavy atom. The summed E-state index contributed by atoms with van der Waals surface area (Å²) in [6.45, 7) is 3.40. The Balaban J connectivity index is 2.90. The van der Waals surface area contributed by atoms with Gasteiger partial charge in [0.1, 0.15) is 0 Å². The van der Waals surface area contributed by atoms with Crippen LogP contribution in [0.1, 0.15) is 43.9 Å². The molecule has 0 fully saturated rings. The maximum atomic E-state index is 12.5. The number of alkyl halides is 3. The minimum Gasteiger partial charge on any atom is -0.387 e. The van der Waals surface area contributed by atoms with Crippen LogP contribution >= 0.6 is 0 Å². The summed E-state index contributed by atoms with van der Waals surface area (Å²) in [6.07, 6.45) is -4.91. The van der Waals surface area contributed by atoms with Gasteiger partial charge in [0.25, 0.3) is 0 Å². The number of hydrogen-bond acceptors (Lipinski definition) is 3. The number of sulfonamides is 1. The van der Waals surface area contributed by atoms with Crippen molar-refractivity contribution in [3.8, 4) is 0 Å². The molecule has 0 aliphatic rings. The monoisotopic (exact) mass is 339 g/mol. The molecule has 22 heavy (non-hydrogen) atoms. The lowest BCUT2D eigenvalue weighted by molar-refractivity contribution is -0.137. The molecular weight excluding hydrogens is 319 g/mol. The molecule has 8 heteroatoms. The maximum absolute atomic E-state index is 12.5. The van der Waals surface area contributed by atoms with Gasteiger partial charge < -0.3 is 5.11 Å². The molecule has 2 atom stereocenters. The number of aliphatic hydroxyl groups excluding tert-OH is 1. The molecule has 0 heterocycles. The number of benzene rings is 1. The van der Waals surface area contributed by atoms with Gasteiger partial charge in [0, 0.05) is 0 Å².